The smallest absolute Gasteiger partial charge is 0.193 e. The molecule has 20 nitrogen and oxygen atoms in total. The fourth-order valence-electron chi connectivity index (χ4n) is 11.1. The number of nitrogens with zero attached hydrogens (tertiary/aromatic N) is 18. The van der Waals surface area contributed by atoms with E-state index in [4.69, 9.17) is 0 Å². The van der Waals surface area contributed by atoms with Crippen molar-refractivity contribution in [1.82, 2.24) is 89.1 Å². The van der Waals surface area contributed by atoms with Gasteiger partial charge in [0.15, 0.2) is 23.2 Å². The molecule has 23 heteroatoms. The van der Waals surface area contributed by atoms with E-state index in [1.807, 2.05) is 304 Å². The van der Waals surface area contributed by atoms with Crippen LogP contribution in [0.15, 0.2) is 259 Å². The molecule has 0 unspecified atom stereocenters. The number of aryl methyl sites for hydroxylation is 12. The summed E-state index contributed by atoms with van der Waals surface area (Å²) in [6, 6.07) is 71.8. The Hall–Kier alpha value is -13.2. The Kier molecular flexibility index (Phi) is 33.0. The summed E-state index contributed by atoms with van der Waals surface area (Å²) in [5.74, 6) is 2.63. The fraction of sp³-hybridized carbons (Fsp3) is 0.183. The number of pyridine rings is 9. The van der Waals surface area contributed by atoms with Gasteiger partial charge in [0.1, 0.15) is 32.2 Å². The van der Waals surface area contributed by atoms with E-state index in [1.165, 1.54) is 0 Å². The van der Waals surface area contributed by atoms with E-state index in [0.717, 1.165) is 163 Å². The lowest BCUT2D eigenvalue weighted by Gasteiger charge is -2.07. The van der Waals surface area contributed by atoms with Crippen molar-refractivity contribution in [3.8, 4) is 101 Å². The molecule has 0 fully saturated rings. The molecule has 17 aromatic rings. The van der Waals surface area contributed by atoms with Crippen molar-refractivity contribution in [3.63, 3.8) is 0 Å². The second kappa shape index (κ2) is 42.6. The Morgan fingerprint density at radius 2 is 0.578 bits per heavy atom. The van der Waals surface area contributed by atoms with Gasteiger partial charge in [-0.1, -0.05) is 122 Å². The number of rotatable bonds is 12. The van der Waals surface area contributed by atoms with Crippen LogP contribution in [0.3, 0.4) is 0 Å². The first-order valence-electron chi connectivity index (χ1n) is 35.6. The molecule has 592 valence electrons. The first-order valence-corrected chi connectivity index (χ1v) is 38.2. The summed E-state index contributed by atoms with van der Waals surface area (Å²) in [5, 5.41) is 31.8. The Balaban J connectivity index is 0.000000191. The van der Waals surface area contributed by atoms with Crippen LogP contribution >= 0.6 is 34.0 Å². The molecule has 0 aliphatic rings. The molecule has 0 radical (unpaired) electrons. The number of phenolic OH excluding ortho intramolecular Hbond substituents is 1. The topological polar surface area (TPSA) is 245 Å². The maximum Gasteiger partial charge on any atom is 0.193 e. The minimum atomic E-state index is -0.0169. The number of aromatic hydroxyl groups is 1. The van der Waals surface area contributed by atoms with Gasteiger partial charge < -0.3 is 5.11 Å². The molecule has 0 saturated heterocycles. The van der Waals surface area contributed by atoms with Crippen LogP contribution in [0, 0.1) is 83.1 Å². The van der Waals surface area contributed by atoms with E-state index in [9.17, 15) is 9.90 Å². The predicted octanol–water partition coefficient (Wildman–Crippen LogP) is 23.1. The van der Waals surface area contributed by atoms with Gasteiger partial charge in [0.05, 0.1) is 62.6 Å². The number of carbonyl (C=O) groups excluding carboxylic acids is 1. The third kappa shape index (κ3) is 24.4. The highest BCUT2D eigenvalue weighted by Crippen LogP contribution is 2.30. The van der Waals surface area contributed by atoms with E-state index in [2.05, 4.69) is 75.1 Å². The van der Waals surface area contributed by atoms with E-state index >= 15 is 0 Å². The molecule has 0 spiro atoms. The number of phenols is 1. The Bertz CT molecular complexity index is 5440. The summed E-state index contributed by atoms with van der Waals surface area (Å²) in [6.45, 7) is 23.4. The maximum absolute atomic E-state index is 12.2. The van der Waals surface area contributed by atoms with Gasteiger partial charge in [-0.05, 0) is 234 Å². The normalized spacial score (nSPS) is 10.1. The van der Waals surface area contributed by atoms with Gasteiger partial charge in [0.25, 0.3) is 0 Å². The van der Waals surface area contributed by atoms with Crippen molar-refractivity contribution in [2.75, 3.05) is 0 Å². The number of hydrogen-bond acceptors (Lipinski definition) is 20. The Morgan fingerprint density at radius 1 is 0.259 bits per heavy atom. The summed E-state index contributed by atoms with van der Waals surface area (Å²) in [7, 11) is 0. The quantitative estimate of drug-likeness (QED) is 0.112. The van der Waals surface area contributed by atoms with Crippen LogP contribution in [-0.2, 0) is 0 Å². The summed E-state index contributed by atoms with van der Waals surface area (Å²) < 4.78 is 5.29. The number of aromatic nitrogens is 18. The zero-order chi connectivity index (χ0) is 77.9. The Morgan fingerprint density at radius 3 is 0.983 bits per heavy atom. The lowest BCUT2D eigenvalue weighted by molar-refractivity contribution is 0.103. The van der Waals surface area contributed by atoms with Crippen molar-refractivity contribution in [1.29, 1.82) is 0 Å². The standard InChI is InChI=1S/C17H15N3.C15H14N4.C15H13N3S.C15H14O2.C13H13N5.C13H11N3S2.5CH4/c1-12-6-3-8-14(18-12)16-10-5-11-17(20-16)15-9-4-7-13(2)19-15;1-11-5-3-7-13(16-11)14-9-10-19(18-14)15-8-4-6-12(2)17-15;1-10-5-3-7-12(16-10)14-9-19-15(18-14)13-8-4-6-11(2)17-13;1-10-8-13(9-11(2)14(10)16)15(17)12-6-4-3-5-7-12;1-10-6-8-17(15-10)12-4-3-5-13(14-12)18-9-7-11(2)16-18;1-8-6-17-12(14-8)10-4-3-5-11(16-10)13-15-9(2)7-18-13;;;;;/h3-11H,1-2H3;3-10H,1-2H3;3-9H,1-2H3;3-9,16H,1-2H3;3-9H,1-2H3;3-7H,1-2H3;5*1H4. The van der Waals surface area contributed by atoms with E-state index < -0.39 is 0 Å². The van der Waals surface area contributed by atoms with Gasteiger partial charge in [0.2, 0.25) is 0 Å². The first-order chi connectivity index (χ1) is 53.7. The van der Waals surface area contributed by atoms with Crippen LogP contribution in [0.1, 0.15) is 121 Å². The largest absolute Gasteiger partial charge is 0.507 e. The number of carbonyl (C=O) groups is 1. The number of hydrogen-bond donors (Lipinski definition) is 1. The summed E-state index contributed by atoms with van der Waals surface area (Å²) >= 11 is 4.84. The molecular formula is C93H100N18O2S3. The molecule has 0 aliphatic carbocycles. The highest BCUT2D eigenvalue weighted by atomic mass is 32.1. The molecule has 17 rings (SSSR count). The van der Waals surface area contributed by atoms with E-state index in [0.29, 0.717) is 11.1 Å². The first kappa shape index (κ1) is 90.0. The summed E-state index contributed by atoms with van der Waals surface area (Å²) in [6.07, 6.45) is 5.70. The van der Waals surface area contributed by atoms with Crippen molar-refractivity contribution in [2.45, 2.75) is 120 Å². The predicted molar refractivity (Wildman–Crippen MR) is 477 cm³/mol. The molecule has 15 heterocycles. The van der Waals surface area contributed by atoms with Crippen LogP contribution in [0.25, 0.3) is 95.1 Å². The second-order valence-electron chi connectivity index (χ2n) is 25.9. The highest BCUT2D eigenvalue weighted by molar-refractivity contribution is 7.14. The molecule has 1 N–H and O–H groups in total. The molecule has 0 saturated carbocycles. The van der Waals surface area contributed by atoms with Crippen molar-refractivity contribution >= 4 is 39.8 Å². The molecule has 0 amide bonds. The third-order valence-electron chi connectivity index (χ3n) is 16.5. The van der Waals surface area contributed by atoms with Crippen LogP contribution in [0.2, 0.25) is 0 Å². The van der Waals surface area contributed by atoms with Crippen LogP contribution in [0.4, 0.5) is 0 Å². The molecule has 116 heavy (non-hydrogen) atoms. The van der Waals surface area contributed by atoms with Gasteiger partial charge in [-0.3, -0.25) is 29.7 Å². The van der Waals surface area contributed by atoms with Crippen LogP contribution in [0.5, 0.6) is 5.75 Å². The lowest BCUT2D eigenvalue weighted by atomic mass is 9.99. The number of thiazole rings is 3. The summed E-state index contributed by atoms with van der Waals surface area (Å²) in [5.41, 5.74) is 22.5. The van der Waals surface area contributed by atoms with Crippen molar-refractivity contribution < 1.29 is 9.90 Å². The number of benzene rings is 2. The average molecular weight is 1600 g/mol. The SMILES string of the molecule is C.C.C.C.C.Cc1cc(C(=O)c2ccccc2)cc(C)c1O.Cc1cccc(-c2cccc(-c3cccc(C)n3)n2)n1.Cc1cccc(-c2ccn(-c3cccc(C)n3)n2)n1.Cc1cccc(-c2csc(-c3cccc(C)n3)n2)n1.Cc1ccn(-c2cccc(-n3ccc(C)n3)n2)n1.Cc1csc(-c2cccc(-c3nc(C)cs3)n2)n1. The molecule has 0 aliphatic heterocycles. The zero-order valence-corrected chi connectivity index (χ0v) is 65.9. The fourth-order valence-corrected chi connectivity index (χ4v) is 13.4. The van der Waals surface area contributed by atoms with Crippen LogP contribution < -0.4 is 0 Å². The van der Waals surface area contributed by atoms with E-state index in [1.54, 1.807) is 86.2 Å². The van der Waals surface area contributed by atoms with Gasteiger partial charge in [-0.2, -0.15) is 15.3 Å². The van der Waals surface area contributed by atoms with Crippen molar-refractivity contribution in [2.24, 2.45) is 0 Å². The minimum Gasteiger partial charge on any atom is -0.507 e. The zero-order valence-electron chi connectivity index (χ0n) is 63.5. The lowest BCUT2D eigenvalue weighted by Crippen LogP contribution is -2.04. The Labute approximate surface area is 693 Å². The molecular weight excluding hydrogens is 1500 g/mol. The van der Waals surface area contributed by atoms with Crippen LogP contribution in [-0.4, -0.2) is 100 Å². The van der Waals surface area contributed by atoms with E-state index in [-0.39, 0.29) is 48.7 Å². The monoisotopic (exact) mass is 1600 g/mol. The van der Waals surface area contributed by atoms with Gasteiger partial charge >= 0.3 is 0 Å². The van der Waals surface area contributed by atoms with Gasteiger partial charge in [-0.25, -0.2) is 48.9 Å². The summed E-state index contributed by atoms with van der Waals surface area (Å²) in [4.78, 5) is 66.5. The second-order valence-corrected chi connectivity index (χ2v) is 28.4. The molecule has 15 aromatic heterocycles. The highest BCUT2D eigenvalue weighted by Gasteiger charge is 2.15. The van der Waals surface area contributed by atoms with Crippen molar-refractivity contribution in [3.05, 3.63) is 338 Å². The van der Waals surface area contributed by atoms with Gasteiger partial charge in [-0.15, -0.1) is 34.0 Å². The molecule has 0 bridgehead atoms. The van der Waals surface area contributed by atoms with Gasteiger partial charge in [0, 0.05) is 91.4 Å². The number of ketones is 1. The average Bonchev–Trinajstić information content (AvgIpc) is 1.17. The molecule has 0 atom stereocenters. The minimum absolute atomic E-state index is 0. The molecule has 2 aromatic carbocycles. The third-order valence-corrected chi connectivity index (χ3v) is 19.3. The maximum atomic E-state index is 12.2.